The fraction of sp³-hybridized carbons (Fsp3) is 0.588. The summed E-state index contributed by atoms with van der Waals surface area (Å²) in [6.45, 7) is 3.88. The molecule has 8 heteroatoms. The number of carbonyl (C=O) groups is 1. The van der Waals surface area contributed by atoms with E-state index < -0.39 is 0 Å². The quantitative estimate of drug-likeness (QED) is 0.842. The Morgan fingerprint density at radius 3 is 2.96 bits per heavy atom. The van der Waals surface area contributed by atoms with Crippen molar-refractivity contribution in [3.05, 3.63) is 39.8 Å². The summed E-state index contributed by atoms with van der Waals surface area (Å²) in [6, 6.07) is 2.85. The van der Waals surface area contributed by atoms with E-state index in [2.05, 4.69) is 25.2 Å². The summed E-state index contributed by atoms with van der Waals surface area (Å²) in [5.41, 5.74) is 0.0673. The molecule has 0 unspecified atom stereocenters. The summed E-state index contributed by atoms with van der Waals surface area (Å²) in [6.07, 6.45) is 5.92. The van der Waals surface area contributed by atoms with E-state index in [1.807, 2.05) is 6.92 Å². The highest BCUT2D eigenvalue weighted by Crippen LogP contribution is 2.14. The fourth-order valence-electron chi connectivity index (χ4n) is 3.05. The lowest BCUT2D eigenvalue weighted by atomic mass is 10.2. The van der Waals surface area contributed by atoms with Crippen molar-refractivity contribution in [2.75, 3.05) is 6.54 Å². The van der Waals surface area contributed by atoms with Crippen LogP contribution >= 0.6 is 0 Å². The standard InChI is InChI=1S/C17H24N6O2/c1-2-11-23-16(24)8-7-13(21-23)17(25)18-10-9-15-20-19-14-6-4-3-5-12-22(14)15/h7-8H,2-6,9-12H2,1H3,(H,18,25). The highest BCUT2D eigenvalue weighted by atomic mass is 16.2. The number of nitrogens with one attached hydrogen (secondary N) is 1. The zero-order valence-corrected chi connectivity index (χ0v) is 14.6. The predicted molar refractivity (Wildman–Crippen MR) is 92.4 cm³/mol. The van der Waals surface area contributed by atoms with Gasteiger partial charge in [-0.2, -0.15) is 5.10 Å². The van der Waals surface area contributed by atoms with Gasteiger partial charge in [0.05, 0.1) is 0 Å². The van der Waals surface area contributed by atoms with Gasteiger partial charge >= 0.3 is 0 Å². The van der Waals surface area contributed by atoms with Crippen molar-refractivity contribution < 1.29 is 4.79 Å². The second kappa shape index (κ2) is 8.04. The number of aromatic nitrogens is 5. The van der Waals surface area contributed by atoms with Crippen molar-refractivity contribution in [1.82, 2.24) is 29.9 Å². The largest absolute Gasteiger partial charge is 0.350 e. The maximum absolute atomic E-state index is 12.3. The van der Waals surface area contributed by atoms with Gasteiger partial charge in [0.15, 0.2) is 0 Å². The average Bonchev–Trinajstić information content (AvgIpc) is 2.84. The second-order valence-electron chi connectivity index (χ2n) is 6.28. The number of carbonyl (C=O) groups excluding carboxylic acids is 1. The Hall–Kier alpha value is -2.51. The van der Waals surface area contributed by atoms with E-state index in [0.29, 0.717) is 19.5 Å². The van der Waals surface area contributed by atoms with Gasteiger partial charge in [-0.15, -0.1) is 10.2 Å². The topological polar surface area (TPSA) is 94.7 Å². The number of hydrogen-bond acceptors (Lipinski definition) is 5. The van der Waals surface area contributed by atoms with Crippen molar-refractivity contribution in [3.63, 3.8) is 0 Å². The summed E-state index contributed by atoms with van der Waals surface area (Å²) < 4.78 is 3.51. The molecule has 8 nitrogen and oxygen atoms in total. The Labute approximate surface area is 146 Å². The maximum atomic E-state index is 12.3. The molecule has 2 aromatic rings. The third-order valence-electron chi connectivity index (χ3n) is 4.35. The summed E-state index contributed by atoms with van der Waals surface area (Å²) in [4.78, 5) is 23.9. The van der Waals surface area contributed by atoms with Crippen LogP contribution in [0.15, 0.2) is 16.9 Å². The molecule has 1 aliphatic heterocycles. The smallest absolute Gasteiger partial charge is 0.271 e. The SMILES string of the molecule is CCCn1nc(C(=O)NCCc2nnc3n2CCCCC3)ccc1=O. The lowest BCUT2D eigenvalue weighted by Crippen LogP contribution is -2.31. The zero-order chi connectivity index (χ0) is 17.6. The molecule has 1 aliphatic rings. The number of rotatable bonds is 6. The van der Waals surface area contributed by atoms with E-state index >= 15 is 0 Å². The molecule has 1 N–H and O–H groups in total. The summed E-state index contributed by atoms with van der Waals surface area (Å²) in [5.74, 6) is 1.69. The van der Waals surface area contributed by atoms with Gasteiger partial charge < -0.3 is 9.88 Å². The molecule has 2 aromatic heterocycles. The van der Waals surface area contributed by atoms with Crippen molar-refractivity contribution in [2.24, 2.45) is 0 Å². The van der Waals surface area contributed by atoms with Gasteiger partial charge in [0.2, 0.25) is 0 Å². The third kappa shape index (κ3) is 4.12. The molecule has 25 heavy (non-hydrogen) atoms. The highest BCUT2D eigenvalue weighted by Gasteiger charge is 2.15. The molecule has 0 aliphatic carbocycles. The fourth-order valence-corrected chi connectivity index (χ4v) is 3.05. The van der Waals surface area contributed by atoms with Gasteiger partial charge in [0.1, 0.15) is 17.3 Å². The molecule has 1 amide bonds. The minimum atomic E-state index is -0.277. The lowest BCUT2D eigenvalue weighted by molar-refractivity contribution is 0.0946. The van der Waals surface area contributed by atoms with Crippen LogP contribution in [0.5, 0.6) is 0 Å². The van der Waals surface area contributed by atoms with Crippen LogP contribution in [0.1, 0.15) is 54.7 Å². The van der Waals surface area contributed by atoms with E-state index in [1.165, 1.54) is 23.2 Å². The number of hydrogen-bond donors (Lipinski definition) is 1. The van der Waals surface area contributed by atoms with Gasteiger partial charge in [0, 0.05) is 38.5 Å². The van der Waals surface area contributed by atoms with Crippen molar-refractivity contribution in [3.8, 4) is 0 Å². The van der Waals surface area contributed by atoms with Crippen LogP contribution in [-0.2, 0) is 25.9 Å². The molecule has 0 bridgehead atoms. The summed E-state index contributed by atoms with van der Waals surface area (Å²) >= 11 is 0. The van der Waals surface area contributed by atoms with Gasteiger partial charge in [-0.3, -0.25) is 9.59 Å². The van der Waals surface area contributed by atoms with Crippen LogP contribution in [0, 0.1) is 0 Å². The van der Waals surface area contributed by atoms with E-state index in [4.69, 9.17) is 0 Å². The minimum Gasteiger partial charge on any atom is -0.350 e. The monoisotopic (exact) mass is 344 g/mol. The van der Waals surface area contributed by atoms with Crippen molar-refractivity contribution >= 4 is 5.91 Å². The number of amides is 1. The molecular formula is C17H24N6O2. The predicted octanol–water partition coefficient (Wildman–Crippen LogP) is 0.944. The molecular weight excluding hydrogens is 320 g/mol. The van der Waals surface area contributed by atoms with Crippen LogP contribution in [0.3, 0.4) is 0 Å². The molecule has 0 spiro atoms. The van der Waals surface area contributed by atoms with Crippen LogP contribution in [-0.4, -0.2) is 37.0 Å². The third-order valence-corrected chi connectivity index (χ3v) is 4.35. The Bertz CT molecular complexity index is 795. The highest BCUT2D eigenvalue weighted by molar-refractivity contribution is 5.91. The summed E-state index contributed by atoms with van der Waals surface area (Å²) in [5, 5.41) is 15.5. The molecule has 0 fully saturated rings. The molecule has 0 saturated carbocycles. The van der Waals surface area contributed by atoms with Crippen LogP contribution in [0.25, 0.3) is 0 Å². The molecule has 134 valence electrons. The lowest BCUT2D eigenvalue weighted by Gasteiger charge is -2.08. The van der Waals surface area contributed by atoms with Gasteiger partial charge in [0.25, 0.3) is 11.5 Å². The van der Waals surface area contributed by atoms with Crippen LogP contribution < -0.4 is 10.9 Å². The van der Waals surface area contributed by atoms with Crippen LogP contribution in [0.2, 0.25) is 0 Å². The Morgan fingerprint density at radius 2 is 2.12 bits per heavy atom. The van der Waals surface area contributed by atoms with Gasteiger partial charge in [-0.25, -0.2) is 4.68 Å². The molecule has 0 radical (unpaired) electrons. The molecule has 0 aromatic carbocycles. The maximum Gasteiger partial charge on any atom is 0.271 e. The number of fused-ring (bicyclic) bond motifs is 1. The van der Waals surface area contributed by atoms with Crippen molar-refractivity contribution in [1.29, 1.82) is 0 Å². The Balaban J connectivity index is 1.59. The second-order valence-corrected chi connectivity index (χ2v) is 6.28. The first-order valence-electron chi connectivity index (χ1n) is 8.96. The Morgan fingerprint density at radius 1 is 1.24 bits per heavy atom. The average molecular weight is 344 g/mol. The number of aryl methyl sites for hydroxylation is 2. The summed E-state index contributed by atoms with van der Waals surface area (Å²) in [7, 11) is 0. The Kier molecular flexibility index (Phi) is 5.57. The molecule has 0 saturated heterocycles. The van der Waals surface area contributed by atoms with Gasteiger partial charge in [-0.05, 0) is 25.3 Å². The van der Waals surface area contributed by atoms with Crippen molar-refractivity contribution in [2.45, 2.75) is 58.5 Å². The van der Waals surface area contributed by atoms with Crippen LogP contribution in [0.4, 0.5) is 0 Å². The molecule has 3 rings (SSSR count). The molecule has 0 atom stereocenters. The molecule has 3 heterocycles. The number of nitrogens with zero attached hydrogens (tertiary/aromatic N) is 5. The first-order chi connectivity index (χ1) is 12.2. The normalized spacial score (nSPS) is 14.0. The zero-order valence-electron chi connectivity index (χ0n) is 14.6. The first kappa shape index (κ1) is 17.3. The van der Waals surface area contributed by atoms with Gasteiger partial charge in [-0.1, -0.05) is 13.3 Å². The van der Waals surface area contributed by atoms with E-state index in [-0.39, 0.29) is 17.2 Å². The van der Waals surface area contributed by atoms with E-state index in [9.17, 15) is 9.59 Å². The minimum absolute atomic E-state index is 0.190. The van der Waals surface area contributed by atoms with E-state index in [0.717, 1.165) is 43.9 Å². The first-order valence-corrected chi connectivity index (χ1v) is 8.96. The van der Waals surface area contributed by atoms with E-state index in [1.54, 1.807) is 0 Å².